The van der Waals surface area contributed by atoms with Crippen molar-refractivity contribution in [3.05, 3.63) is 22.4 Å². The van der Waals surface area contributed by atoms with Crippen LogP contribution in [-0.4, -0.2) is 36.1 Å². The summed E-state index contributed by atoms with van der Waals surface area (Å²) in [6.07, 6.45) is 3.18. The van der Waals surface area contributed by atoms with Crippen LogP contribution in [0.3, 0.4) is 0 Å². The highest BCUT2D eigenvalue weighted by Gasteiger charge is 2.47. The Hall–Kier alpha value is -0.910. The van der Waals surface area contributed by atoms with Gasteiger partial charge in [0.15, 0.2) is 0 Å². The lowest BCUT2D eigenvalue weighted by Gasteiger charge is -2.42. The maximum Gasteiger partial charge on any atom is 0.241 e. The van der Waals surface area contributed by atoms with Crippen LogP contribution in [0.4, 0.5) is 0 Å². The van der Waals surface area contributed by atoms with Gasteiger partial charge in [-0.3, -0.25) is 10.1 Å². The lowest BCUT2D eigenvalue weighted by molar-refractivity contribution is -0.137. The molecule has 0 bridgehead atoms. The maximum atomic E-state index is 12.8. The van der Waals surface area contributed by atoms with E-state index in [0.29, 0.717) is 18.1 Å². The summed E-state index contributed by atoms with van der Waals surface area (Å²) in [7, 11) is 1.75. The molecule has 3 rings (SSSR count). The molecule has 0 radical (unpaired) electrons. The topological polar surface area (TPSA) is 41.6 Å². The Bertz CT molecular complexity index is 482. The molecule has 5 heteroatoms. The molecule has 2 heterocycles. The minimum absolute atomic E-state index is 0.0429. The van der Waals surface area contributed by atoms with E-state index in [1.807, 2.05) is 0 Å². The van der Waals surface area contributed by atoms with Crippen LogP contribution in [0.25, 0.3) is 0 Å². The average molecular weight is 308 g/mol. The molecule has 1 N–H and O–H groups in total. The zero-order valence-corrected chi connectivity index (χ0v) is 13.7. The van der Waals surface area contributed by atoms with Crippen molar-refractivity contribution >= 4 is 17.2 Å². The summed E-state index contributed by atoms with van der Waals surface area (Å²) in [6.45, 7) is 4.34. The van der Waals surface area contributed by atoms with E-state index in [1.54, 1.807) is 18.4 Å². The first-order chi connectivity index (χ1) is 10.1. The van der Waals surface area contributed by atoms with E-state index in [-0.39, 0.29) is 18.1 Å². The van der Waals surface area contributed by atoms with Crippen molar-refractivity contribution in [3.8, 4) is 0 Å². The van der Waals surface area contributed by atoms with E-state index in [9.17, 15) is 4.79 Å². The quantitative estimate of drug-likeness (QED) is 0.909. The van der Waals surface area contributed by atoms with Crippen LogP contribution in [0.5, 0.6) is 0 Å². The van der Waals surface area contributed by atoms with Crippen molar-refractivity contribution in [1.82, 2.24) is 10.2 Å². The number of hydrogen-bond acceptors (Lipinski definition) is 4. The molecular weight excluding hydrogens is 284 g/mol. The first-order valence-electron chi connectivity index (χ1n) is 7.74. The molecule has 2 atom stereocenters. The van der Waals surface area contributed by atoms with E-state index in [0.717, 1.165) is 19.3 Å². The average Bonchev–Trinajstić information content (AvgIpc) is 2.99. The number of carbonyl (C=O) groups is 1. The molecule has 0 aromatic carbocycles. The molecular formula is C16H24N2O2S. The smallest absolute Gasteiger partial charge is 0.241 e. The van der Waals surface area contributed by atoms with Gasteiger partial charge in [-0.25, -0.2) is 0 Å². The van der Waals surface area contributed by atoms with Crippen LogP contribution in [0.15, 0.2) is 17.5 Å². The number of rotatable bonds is 5. The maximum absolute atomic E-state index is 12.8. The molecule has 1 saturated heterocycles. The number of thiophene rings is 1. The normalized spacial score (nSPS) is 32.8. The number of hydrogen-bond donors (Lipinski definition) is 1. The number of nitrogens with one attached hydrogen (secondary N) is 1. The third-order valence-corrected chi connectivity index (χ3v) is 5.43. The Labute approximate surface area is 130 Å². The van der Waals surface area contributed by atoms with Gasteiger partial charge in [-0.05, 0) is 36.6 Å². The van der Waals surface area contributed by atoms with Gasteiger partial charge in [-0.2, -0.15) is 0 Å². The summed E-state index contributed by atoms with van der Waals surface area (Å²) in [5, 5.41) is 5.63. The number of carbonyl (C=O) groups excluding carboxylic acids is 1. The fourth-order valence-electron chi connectivity index (χ4n) is 3.30. The lowest BCUT2D eigenvalue weighted by Crippen LogP contribution is -2.50. The summed E-state index contributed by atoms with van der Waals surface area (Å²) in [5.41, 5.74) is 0. The van der Waals surface area contributed by atoms with Crippen molar-refractivity contribution in [2.24, 2.45) is 5.92 Å². The zero-order chi connectivity index (χ0) is 15.0. The van der Waals surface area contributed by atoms with E-state index < -0.39 is 0 Å². The Morgan fingerprint density at radius 1 is 1.48 bits per heavy atom. The molecule has 4 nitrogen and oxygen atoms in total. The Kier molecular flexibility index (Phi) is 4.33. The van der Waals surface area contributed by atoms with E-state index in [1.165, 1.54) is 4.88 Å². The van der Waals surface area contributed by atoms with Gasteiger partial charge in [0, 0.05) is 18.0 Å². The zero-order valence-electron chi connectivity index (χ0n) is 12.9. The molecule has 21 heavy (non-hydrogen) atoms. The Morgan fingerprint density at radius 3 is 2.81 bits per heavy atom. The molecule has 1 aromatic heterocycles. The highest BCUT2D eigenvalue weighted by molar-refractivity contribution is 7.10. The molecule has 2 fully saturated rings. The van der Waals surface area contributed by atoms with Gasteiger partial charge in [0.1, 0.15) is 6.17 Å². The van der Waals surface area contributed by atoms with Gasteiger partial charge in [0.25, 0.3) is 0 Å². The van der Waals surface area contributed by atoms with E-state index >= 15 is 0 Å². The van der Waals surface area contributed by atoms with Crippen LogP contribution in [0.2, 0.25) is 0 Å². The number of methoxy groups -OCH3 is 1. The van der Waals surface area contributed by atoms with Gasteiger partial charge >= 0.3 is 0 Å². The van der Waals surface area contributed by atoms with Crippen molar-refractivity contribution in [3.63, 3.8) is 0 Å². The van der Waals surface area contributed by atoms with Gasteiger partial charge in [-0.1, -0.05) is 19.9 Å². The van der Waals surface area contributed by atoms with E-state index in [4.69, 9.17) is 4.74 Å². The highest BCUT2D eigenvalue weighted by atomic mass is 32.1. The minimum atomic E-state index is -0.0429. The monoisotopic (exact) mass is 308 g/mol. The van der Waals surface area contributed by atoms with Crippen LogP contribution in [0, 0.1) is 5.92 Å². The molecule has 2 aliphatic rings. The SMILES string of the molecule is COC1CC(N2C(=O)C(CC(C)C)NC2c2cccs2)C1. The summed E-state index contributed by atoms with van der Waals surface area (Å²) in [4.78, 5) is 16.1. The lowest BCUT2D eigenvalue weighted by atomic mass is 9.87. The van der Waals surface area contributed by atoms with Gasteiger partial charge in [-0.15, -0.1) is 11.3 Å². The molecule has 1 aliphatic carbocycles. The Morgan fingerprint density at radius 2 is 2.24 bits per heavy atom. The van der Waals surface area contributed by atoms with Crippen LogP contribution >= 0.6 is 11.3 Å². The van der Waals surface area contributed by atoms with Crippen molar-refractivity contribution < 1.29 is 9.53 Å². The molecule has 2 unspecified atom stereocenters. The largest absolute Gasteiger partial charge is 0.381 e. The van der Waals surface area contributed by atoms with E-state index in [2.05, 4.69) is 41.6 Å². The van der Waals surface area contributed by atoms with Gasteiger partial charge in [0.2, 0.25) is 5.91 Å². The van der Waals surface area contributed by atoms with Crippen molar-refractivity contribution in [1.29, 1.82) is 0 Å². The van der Waals surface area contributed by atoms with Crippen LogP contribution in [0.1, 0.15) is 44.2 Å². The number of amides is 1. The third-order valence-electron chi connectivity index (χ3n) is 4.51. The fourth-order valence-corrected chi connectivity index (χ4v) is 4.09. The number of ether oxygens (including phenoxy) is 1. The third kappa shape index (κ3) is 2.87. The second-order valence-electron chi connectivity index (χ2n) is 6.50. The van der Waals surface area contributed by atoms with Crippen LogP contribution < -0.4 is 5.32 Å². The number of nitrogens with zero attached hydrogens (tertiary/aromatic N) is 1. The highest BCUT2D eigenvalue weighted by Crippen LogP contribution is 2.38. The molecule has 0 spiro atoms. The summed E-state index contributed by atoms with van der Waals surface area (Å²) in [5.74, 6) is 0.783. The summed E-state index contributed by atoms with van der Waals surface area (Å²) >= 11 is 1.72. The van der Waals surface area contributed by atoms with Gasteiger partial charge < -0.3 is 9.64 Å². The van der Waals surface area contributed by atoms with Crippen LogP contribution in [-0.2, 0) is 9.53 Å². The molecule has 1 aromatic rings. The second-order valence-corrected chi connectivity index (χ2v) is 7.47. The summed E-state index contributed by atoms with van der Waals surface area (Å²) < 4.78 is 5.37. The molecule has 1 amide bonds. The molecule has 1 aliphatic heterocycles. The standard InChI is InChI=1S/C16H24N2O2S/c1-10(2)7-13-16(19)18(11-8-12(9-11)20-3)15(17-13)14-5-4-6-21-14/h4-6,10-13,15,17H,7-9H2,1-3H3. The van der Waals surface area contributed by atoms with Crippen molar-refractivity contribution in [2.45, 2.75) is 57.5 Å². The first kappa shape index (κ1) is 15.0. The second kappa shape index (κ2) is 6.07. The summed E-state index contributed by atoms with van der Waals surface area (Å²) in [6, 6.07) is 4.45. The van der Waals surface area contributed by atoms with Crippen molar-refractivity contribution in [2.75, 3.05) is 7.11 Å². The predicted molar refractivity (Wildman–Crippen MR) is 84.1 cm³/mol. The minimum Gasteiger partial charge on any atom is -0.381 e. The fraction of sp³-hybridized carbons (Fsp3) is 0.688. The molecule has 1 saturated carbocycles. The molecule has 116 valence electrons. The first-order valence-corrected chi connectivity index (χ1v) is 8.62. The van der Waals surface area contributed by atoms with Gasteiger partial charge in [0.05, 0.1) is 12.1 Å². The predicted octanol–water partition coefficient (Wildman–Crippen LogP) is 2.77. The Balaban J connectivity index is 1.78.